The molecule has 1 aliphatic carbocycles. The monoisotopic (exact) mass is 208 g/mol. The molecule has 1 fully saturated rings. The fourth-order valence-electron chi connectivity index (χ4n) is 2.64. The van der Waals surface area contributed by atoms with Crippen molar-refractivity contribution >= 4 is 0 Å². The first kappa shape index (κ1) is 10.7. The smallest absolute Gasteiger partial charge is 0.106 e. The molecule has 0 aromatic carbocycles. The molecule has 3 nitrogen and oxygen atoms in total. The van der Waals surface area contributed by atoms with Crippen molar-refractivity contribution in [1.82, 2.24) is 9.55 Å². The average Bonchev–Trinajstić information content (AvgIpc) is 2.50. The minimum absolute atomic E-state index is 0.131. The minimum atomic E-state index is -0.131. The van der Waals surface area contributed by atoms with Crippen molar-refractivity contribution in [2.24, 2.45) is 5.92 Å². The van der Waals surface area contributed by atoms with Gasteiger partial charge in [0, 0.05) is 12.2 Å². The van der Waals surface area contributed by atoms with Gasteiger partial charge in [-0.1, -0.05) is 6.92 Å². The van der Waals surface area contributed by atoms with Crippen LogP contribution in [0.5, 0.6) is 0 Å². The van der Waals surface area contributed by atoms with Crippen molar-refractivity contribution < 1.29 is 5.11 Å². The number of aryl methyl sites for hydroxylation is 2. The maximum absolute atomic E-state index is 9.72. The highest BCUT2D eigenvalue weighted by atomic mass is 16.3. The van der Waals surface area contributed by atoms with Gasteiger partial charge in [0.15, 0.2) is 0 Å². The van der Waals surface area contributed by atoms with Gasteiger partial charge in [0.25, 0.3) is 0 Å². The second kappa shape index (κ2) is 3.97. The lowest BCUT2D eigenvalue weighted by Gasteiger charge is -2.33. The summed E-state index contributed by atoms with van der Waals surface area (Å²) >= 11 is 0. The Bertz CT molecular complexity index is 345. The lowest BCUT2D eigenvalue weighted by molar-refractivity contribution is 0.0772. The van der Waals surface area contributed by atoms with E-state index in [2.05, 4.69) is 22.7 Å². The summed E-state index contributed by atoms with van der Waals surface area (Å²) in [5.74, 6) is 1.71. The molecule has 1 aliphatic rings. The van der Waals surface area contributed by atoms with Crippen LogP contribution in [0.1, 0.15) is 43.7 Å². The van der Waals surface area contributed by atoms with Crippen molar-refractivity contribution in [1.29, 1.82) is 0 Å². The molecule has 0 saturated heterocycles. The van der Waals surface area contributed by atoms with Crippen molar-refractivity contribution in [2.45, 2.75) is 52.2 Å². The molecule has 15 heavy (non-hydrogen) atoms. The Labute approximate surface area is 91.1 Å². The summed E-state index contributed by atoms with van der Waals surface area (Å²) in [6.45, 7) is 6.33. The molecule has 0 radical (unpaired) electrons. The van der Waals surface area contributed by atoms with Crippen LogP contribution >= 0.6 is 0 Å². The Balaban J connectivity index is 2.24. The zero-order valence-corrected chi connectivity index (χ0v) is 9.77. The third kappa shape index (κ3) is 2.07. The van der Waals surface area contributed by atoms with Crippen LogP contribution in [0.25, 0.3) is 0 Å². The molecule has 1 saturated carbocycles. The van der Waals surface area contributed by atoms with Gasteiger partial charge in [-0.3, -0.25) is 0 Å². The normalized spacial score (nSPS) is 31.9. The molecule has 0 spiro atoms. The standard InChI is InChI=1S/C12H20N2O/c1-8-4-5-11(15)6-12(8)14-7-9(2)13-10(14)3/h7-8,11-12,15H,4-6H2,1-3H3. The molecular formula is C12H20N2O. The molecule has 1 aromatic rings. The molecule has 3 unspecified atom stereocenters. The molecule has 0 bridgehead atoms. The Morgan fingerprint density at radius 1 is 1.40 bits per heavy atom. The number of aromatic nitrogens is 2. The number of hydrogen-bond acceptors (Lipinski definition) is 2. The van der Waals surface area contributed by atoms with E-state index in [4.69, 9.17) is 0 Å². The summed E-state index contributed by atoms with van der Waals surface area (Å²) in [4.78, 5) is 4.43. The molecule has 1 N–H and O–H groups in total. The van der Waals surface area contributed by atoms with E-state index in [1.807, 2.05) is 13.8 Å². The summed E-state index contributed by atoms with van der Waals surface area (Å²) < 4.78 is 2.24. The molecule has 0 amide bonds. The summed E-state index contributed by atoms with van der Waals surface area (Å²) in [5, 5.41) is 9.72. The number of aliphatic hydroxyl groups excluding tert-OH is 1. The molecule has 1 aromatic heterocycles. The first-order valence-electron chi connectivity index (χ1n) is 5.78. The summed E-state index contributed by atoms with van der Waals surface area (Å²) in [6, 6.07) is 0.426. The van der Waals surface area contributed by atoms with Gasteiger partial charge in [-0.15, -0.1) is 0 Å². The van der Waals surface area contributed by atoms with E-state index in [0.717, 1.165) is 30.8 Å². The summed E-state index contributed by atoms with van der Waals surface area (Å²) in [7, 11) is 0. The Morgan fingerprint density at radius 2 is 2.13 bits per heavy atom. The van der Waals surface area contributed by atoms with Crippen LogP contribution < -0.4 is 0 Å². The highest BCUT2D eigenvalue weighted by molar-refractivity contribution is 5.03. The predicted octanol–water partition coefficient (Wildman–Crippen LogP) is 2.22. The largest absolute Gasteiger partial charge is 0.393 e. The fourth-order valence-corrected chi connectivity index (χ4v) is 2.64. The van der Waals surface area contributed by atoms with Crippen molar-refractivity contribution in [3.05, 3.63) is 17.7 Å². The zero-order valence-electron chi connectivity index (χ0n) is 9.77. The molecule has 0 aliphatic heterocycles. The Kier molecular flexibility index (Phi) is 2.83. The molecular weight excluding hydrogens is 188 g/mol. The maximum atomic E-state index is 9.72. The quantitative estimate of drug-likeness (QED) is 0.768. The van der Waals surface area contributed by atoms with Crippen molar-refractivity contribution in [3.8, 4) is 0 Å². The van der Waals surface area contributed by atoms with Gasteiger partial charge in [-0.25, -0.2) is 4.98 Å². The molecule has 2 rings (SSSR count). The third-order valence-electron chi connectivity index (χ3n) is 3.52. The molecule has 3 heteroatoms. The fraction of sp³-hybridized carbons (Fsp3) is 0.750. The van der Waals surface area contributed by atoms with Crippen LogP contribution in [0.3, 0.4) is 0 Å². The molecule has 1 heterocycles. The van der Waals surface area contributed by atoms with Gasteiger partial charge < -0.3 is 9.67 Å². The Morgan fingerprint density at radius 3 is 2.73 bits per heavy atom. The minimum Gasteiger partial charge on any atom is -0.393 e. The van der Waals surface area contributed by atoms with Crippen molar-refractivity contribution in [3.63, 3.8) is 0 Å². The Hall–Kier alpha value is -0.830. The summed E-state index contributed by atoms with van der Waals surface area (Å²) in [5.41, 5.74) is 1.07. The first-order valence-corrected chi connectivity index (χ1v) is 5.78. The van der Waals surface area contributed by atoms with E-state index in [-0.39, 0.29) is 6.10 Å². The lowest BCUT2D eigenvalue weighted by atomic mass is 9.84. The van der Waals surface area contributed by atoms with Crippen LogP contribution in [0, 0.1) is 19.8 Å². The number of rotatable bonds is 1. The second-order valence-electron chi connectivity index (χ2n) is 4.85. The predicted molar refractivity (Wildman–Crippen MR) is 59.8 cm³/mol. The average molecular weight is 208 g/mol. The highest BCUT2D eigenvalue weighted by Crippen LogP contribution is 2.34. The van der Waals surface area contributed by atoms with E-state index in [1.54, 1.807) is 0 Å². The lowest BCUT2D eigenvalue weighted by Crippen LogP contribution is -2.28. The van der Waals surface area contributed by atoms with E-state index in [9.17, 15) is 5.11 Å². The third-order valence-corrected chi connectivity index (χ3v) is 3.52. The van der Waals surface area contributed by atoms with Gasteiger partial charge >= 0.3 is 0 Å². The topological polar surface area (TPSA) is 38.0 Å². The van der Waals surface area contributed by atoms with E-state index in [0.29, 0.717) is 12.0 Å². The van der Waals surface area contributed by atoms with E-state index in [1.165, 1.54) is 0 Å². The maximum Gasteiger partial charge on any atom is 0.106 e. The van der Waals surface area contributed by atoms with Gasteiger partial charge in [0.1, 0.15) is 5.82 Å². The van der Waals surface area contributed by atoms with Crippen LogP contribution in [0.4, 0.5) is 0 Å². The van der Waals surface area contributed by atoms with Crippen LogP contribution in [0.2, 0.25) is 0 Å². The first-order chi connectivity index (χ1) is 7.08. The van der Waals surface area contributed by atoms with Gasteiger partial charge in [-0.05, 0) is 39.0 Å². The highest BCUT2D eigenvalue weighted by Gasteiger charge is 2.28. The molecule has 3 atom stereocenters. The number of hydrogen-bond donors (Lipinski definition) is 1. The van der Waals surface area contributed by atoms with E-state index < -0.39 is 0 Å². The van der Waals surface area contributed by atoms with Crippen LogP contribution in [0.15, 0.2) is 6.20 Å². The summed E-state index contributed by atoms with van der Waals surface area (Å²) in [6.07, 6.45) is 4.91. The number of aliphatic hydroxyl groups is 1. The van der Waals surface area contributed by atoms with E-state index >= 15 is 0 Å². The molecule has 84 valence electrons. The zero-order chi connectivity index (χ0) is 11.0. The number of nitrogens with zero attached hydrogens (tertiary/aromatic N) is 2. The SMILES string of the molecule is Cc1cn(C2CC(O)CCC2C)c(C)n1. The van der Waals surface area contributed by atoms with Crippen LogP contribution in [-0.2, 0) is 0 Å². The van der Waals surface area contributed by atoms with Gasteiger partial charge in [-0.2, -0.15) is 0 Å². The second-order valence-corrected chi connectivity index (χ2v) is 4.85. The van der Waals surface area contributed by atoms with Gasteiger partial charge in [0.05, 0.1) is 11.8 Å². The number of imidazole rings is 1. The van der Waals surface area contributed by atoms with Crippen molar-refractivity contribution in [2.75, 3.05) is 0 Å². The van der Waals surface area contributed by atoms with Crippen LogP contribution in [-0.4, -0.2) is 20.8 Å². The van der Waals surface area contributed by atoms with Gasteiger partial charge in [0.2, 0.25) is 0 Å².